The van der Waals surface area contributed by atoms with Crippen LogP contribution < -0.4 is 0 Å². The van der Waals surface area contributed by atoms with E-state index in [2.05, 4.69) is 0 Å². The molecule has 1 heterocycles. The molecule has 1 rings (SSSR count). The van der Waals surface area contributed by atoms with Gasteiger partial charge in [0.2, 0.25) is 0 Å². The van der Waals surface area contributed by atoms with Gasteiger partial charge in [0.1, 0.15) is 6.10 Å². The molecule has 4 heteroatoms. The summed E-state index contributed by atoms with van der Waals surface area (Å²) in [5.41, 5.74) is 0. The molecule has 1 saturated heterocycles. The fourth-order valence-electron chi connectivity index (χ4n) is 0.350. The van der Waals surface area contributed by atoms with Gasteiger partial charge in [0, 0.05) is 0 Å². The number of aliphatic hydroxyl groups is 1. The summed E-state index contributed by atoms with van der Waals surface area (Å²) < 4.78 is 9.47. The molecule has 0 aromatic carbocycles. The lowest BCUT2D eigenvalue weighted by molar-refractivity contribution is 0.0359. The third-order valence-electron chi connectivity index (χ3n) is 0.669. The Hall–Kier alpha value is 0.310. The molecule has 1 N–H and O–H groups in total. The van der Waals surface area contributed by atoms with Gasteiger partial charge in [-0.25, -0.2) is 0 Å². The Morgan fingerprint density at radius 3 is 2.29 bits per heavy atom. The topological polar surface area (TPSA) is 38.7 Å². The molecule has 0 saturated carbocycles. The van der Waals surface area contributed by atoms with Gasteiger partial charge in [-0.15, -0.1) is 0 Å². The van der Waals surface area contributed by atoms with Crippen LogP contribution in [0.1, 0.15) is 0 Å². The van der Waals surface area contributed by atoms with E-state index >= 15 is 0 Å². The van der Waals surface area contributed by atoms with Crippen LogP contribution in [0.3, 0.4) is 0 Å². The average molecular weight is 122 g/mol. The number of hydrogen-bond donors (Lipinski definition) is 1. The third kappa shape index (κ3) is 1.70. The van der Waals surface area contributed by atoms with Gasteiger partial charge < -0.3 is 14.2 Å². The van der Waals surface area contributed by atoms with Crippen LogP contribution in [0.15, 0.2) is 0 Å². The zero-order valence-corrected chi connectivity index (χ0v) is 4.76. The van der Waals surface area contributed by atoms with Crippen LogP contribution >= 0.6 is 9.03 Å². The molecule has 0 bridgehead atoms. The maximum Gasteiger partial charge on any atom is 0.155 e. The van der Waals surface area contributed by atoms with Gasteiger partial charge in [0.25, 0.3) is 0 Å². The Kier molecular flexibility index (Phi) is 2.00. The summed E-state index contributed by atoms with van der Waals surface area (Å²) in [5.74, 6) is 0. The van der Waals surface area contributed by atoms with Crippen molar-refractivity contribution in [3.63, 3.8) is 0 Å². The van der Waals surface area contributed by atoms with Crippen molar-refractivity contribution in [2.24, 2.45) is 0 Å². The van der Waals surface area contributed by atoms with Crippen molar-refractivity contribution in [3.05, 3.63) is 0 Å². The van der Waals surface area contributed by atoms with E-state index in [1.807, 2.05) is 0 Å². The van der Waals surface area contributed by atoms with Crippen LogP contribution in [0.25, 0.3) is 0 Å². The number of rotatable bonds is 0. The maximum atomic E-state index is 8.66. The first kappa shape index (κ1) is 5.45. The minimum Gasteiger partial charge on any atom is -0.388 e. The SMILES string of the molecule is OC1COPOC1. The Morgan fingerprint density at radius 2 is 2.00 bits per heavy atom. The second-order valence-corrected chi connectivity index (χ2v) is 2.10. The fourth-order valence-corrected chi connectivity index (χ4v) is 0.954. The van der Waals surface area contributed by atoms with E-state index in [4.69, 9.17) is 14.2 Å². The summed E-state index contributed by atoms with van der Waals surface area (Å²) >= 11 is 0. The van der Waals surface area contributed by atoms with Gasteiger partial charge in [-0.2, -0.15) is 0 Å². The number of aliphatic hydroxyl groups excluding tert-OH is 1. The molecule has 0 unspecified atom stereocenters. The highest BCUT2D eigenvalue weighted by molar-refractivity contribution is 7.26. The van der Waals surface area contributed by atoms with Crippen LogP contribution in [-0.2, 0) is 9.05 Å². The van der Waals surface area contributed by atoms with Crippen LogP contribution in [0.4, 0.5) is 0 Å². The lowest BCUT2D eigenvalue weighted by Crippen LogP contribution is -2.21. The minimum atomic E-state index is -0.402. The summed E-state index contributed by atoms with van der Waals surface area (Å²) in [6, 6.07) is 0. The van der Waals surface area contributed by atoms with E-state index in [0.717, 1.165) is 0 Å². The zero-order valence-electron chi connectivity index (χ0n) is 3.76. The molecule has 3 nitrogen and oxygen atoms in total. The Morgan fingerprint density at radius 1 is 1.43 bits per heavy atom. The molecule has 42 valence electrons. The summed E-state index contributed by atoms with van der Waals surface area (Å²) in [7, 11) is 0.128. The molecule has 0 aromatic heterocycles. The van der Waals surface area contributed by atoms with Crippen molar-refractivity contribution >= 4 is 9.03 Å². The third-order valence-corrected chi connectivity index (χ3v) is 1.24. The Balaban J connectivity index is 2.12. The second-order valence-electron chi connectivity index (χ2n) is 1.36. The molecule has 7 heavy (non-hydrogen) atoms. The van der Waals surface area contributed by atoms with Gasteiger partial charge in [-0.1, -0.05) is 0 Å². The van der Waals surface area contributed by atoms with Gasteiger partial charge in [-0.05, 0) is 0 Å². The van der Waals surface area contributed by atoms with E-state index in [9.17, 15) is 0 Å². The highest BCUT2D eigenvalue weighted by atomic mass is 31.1. The van der Waals surface area contributed by atoms with Crippen LogP contribution in [0.2, 0.25) is 0 Å². The predicted octanol–water partition coefficient (Wildman–Crippen LogP) is -0.0974. The average Bonchev–Trinajstić information content (AvgIpc) is 1.69. The van der Waals surface area contributed by atoms with Crippen molar-refractivity contribution < 1.29 is 14.2 Å². The summed E-state index contributed by atoms with van der Waals surface area (Å²) in [4.78, 5) is 0. The molecule has 0 radical (unpaired) electrons. The van der Waals surface area contributed by atoms with Gasteiger partial charge in [0.15, 0.2) is 9.03 Å². The van der Waals surface area contributed by atoms with Crippen LogP contribution in [0.5, 0.6) is 0 Å². The zero-order chi connectivity index (χ0) is 5.11. The monoisotopic (exact) mass is 122 g/mol. The molecule has 1 aliphatic rings. The summed E-state index contributed by atoms with van der Waals surface area (Å²) in [6.07, 6.45) is -0.402. The maximum absolute atomic E-state index is 8.66. The first-order valence-corrected chi connectivity index (χ1v) is 2.88. The van der Waals surface area contributed by atoms with Gasteiger partial charge >= 0.3 is 0 Å². The van der Waals surface area contributed by atoms with Gasteiger partial charge in [-0.3, -0.25) is 0 Å². The molecule has 1 aliphatic heterocycles. The lowest BCUT2D eigenvalue weighted by atomic mass is 10.4. The van der Waals surface area contributed by atoms with E-state index in [0.29, 0.717) is 13.2 Å². The normalized spacial score (nSPS) is 36.4. The molecule has 0 aliphatic carbocycles. The first-order valence-electron chi connectivity index (χ1n) is 2.06. The van der Waals surface area contributed by atoms with Crippen molar-refractivity contribution in [1.29, 1.82) is 0 Å². The molecular formula is C3H7O3P. The van der Waals surface area contributed by atoms with Crippen LogP contribution in [-0.4, -0.2) is 24.4 Å². The second kappa shape index (κ2) is 2.58. The highest BCUT2D eigenvalue weighted by Crippen LogP contribution is 2.18. The molecular weight excluding hydrogens is 115 g/mol. The summed E-state index contributed by atoms with van der Waals surface area (Å²) in [6.45, 7) is 0.858. The van der Waals surface area contributed by atoms with Crippen molar-refractivity contribution in [1.82, 2.24) is 0 Å². The minimum absolute atomic E-state index is 0.128. The van der Waals surface area contributed by atoms with Gasteiger partial charge in [0.05, 0.1) is 13.2 Å². The van der Waals surface area contributed by atoms with E-state index < -0.39 is 6.10 Å². The van der Waals surface area contributed by atoms with Crippen molar-refractivity contribution in [3.8, 4) is 0 Å². The molecule has 1 fully saturated rings. The van der Waals surface area contributed by atoms with Crippen molar-refractivity contribution in [2.75, 3.05) is 13.2 Å². The molecule has 0 spiro atoms. The van der Waals surface area contributed by atoms with E-state index in [-0.39, 0.29) is 9.03 Å². The molecule has 0 aromatic rings. The molecule has 0 amide bonds. The van der Waals surface area contributed by atoms with Crippen LogP contribution in [0, 0.1) is 0 Å². The predicted molar refractivity (Wildman–Crippen MR) is 26.2 cm³/mol. The van der Waals surface area contributed by atoms with E-state index in [1.165, 1.54) is 0 Å². The Bertz CT molecular complexity index is 52.1. The first-order chi connectivity index (χ1) is 3.39. The molecule has 0 atom stereocenters. The van der Waals surface area contributed by atoms with Crippen molar-refractivity contribution in [2.45, 2.75) is 6.10 Å². The standard InChI is InChI=1S/C3H7O3P/c4-3-1-5-7-6-2-3/h3-4,7H,1-2H2. The highest BCUT2D eigenvalue weighted by Gasteiger charge is 2.08. The smallest absolute Gasteiger partial charge is 0.155 e. The fraction of sp³-hybridized carbons (Fsp3) is 1.00. The van der Waals surface area contributed by atoms with E-state index in [1.54, 1.807) is 0 Å². The summed E-state index contributed by atoms with van der Waals surface area (Å²) in [5, 5.41) is 8.66. The largest absolute Gasteiger partial charge is 0.388 e. The number of hydrogen-bond acceptors (Lipinski definition) is 3. The Labute approximate surface area is 43.6 Å². The quantitative estimate of drug-likeness (QED) is 0.456. The lowest BCUT2D eigenvalue weighted by Gasteiger charge is -2.15.